The number of para-hydroxylation sites is 1. The van der Waals surface area contributed by atoms with Crippen LogP contribution in [-0.4, -0.2) is 29.8 Å². The molecule has 108 valence electrons. The van der Waals surface area contributed by atoms with Crippen LogP contribution >= 0.6 is 0 Å². The number of nitrogens with two attached hydrogens (primary N) is 1. The number of benzene rings is 1. The summed E-state index contributed by atoms with van der Waals surface area (Å²) in [6.07, 6.45) is 0.863. The molecule has 2 aromatic rings. The van der Waals surface area contributed by atoms with Gasteiger partial charge in [0.15, 0.2) is 5.82 Å². The van der Waals surface area contributed by atoms with Gasteiger partial charge in [-0.25, -0.2) is 13.6 Å². The van der Waals surface area contributed by atoms with Gasteiger partial charge in [-0.05, 0) is 18.6 Å². The lowest BCUT2D eigenvalue weighted by Crippen LogP contribution is -2.19. The average Bonchev–Trinajstić information content (AvgIpc) is 2.84. The van der Waals surface area contributed by atoms with Crippen molar-refractivity contribution in [1.29, 1.82) is 0 Å². The molecule has 1 aromatic carbocycles. The number of rotatable bonds is 6. The van der Waals surface area contributed by atoms with Crippen LogP contribution in [0.1, 0.15) is 19.2 Å². The summed E-state index contributed by atoms with van der Waals surface area (Å²) in [5, 5.41) is 12.4. The van der Waals surface area contributed by atoms with Crippen LogP contribution in [0.25, 0.3) is 5.69 Å². The third-order valence-electron chi connectivity index (χ3n) is 2.55. The Morgan fingerprint density at radius 3 is 2.55 bits per heavy atom. The molecular weight excluding hydrogens is 280 g/mol. The minimum Gasteiger partial charge on any atom is -0.373 e. The smallest absolute Gasteiger partial charge is 0.274 e. The Morgan fingerprint density at radius 2 is 1.95 bits per heavy atom. The molecule has 8 heteroatoms. The van der Waals surface area contributed by atoms with Gasteiger partial charge in [-0.15, -0.1) is 10.2 Å². The minimum absolute atomic E-state index is 0.172. The molecule has 0 aliphatic carbocycles. The Morgan fingerprint density at radius 1 is 1.25 bits per heavy atom. The highest BCUT2D eigenvalue weighted by molar-refractivity contribution is 7.89. The van der Waals surface area contributed by atoms with E-state index in [1.807, 2.05) is 13.0 Å². The van der Waals surface area contributed by atoms with Crippen LogP contribution in [0.5, 0.6) is 0 Å². The Bertz CT molecular complexity index is 667. The number of ether oxygens (including phenoxy) is 1. The maximum atomic E-state index is 11.6. The van der Waals surface area contributed by atoms with E-state index in [2.05, 4.69) is 10.2 Å². The average molecular weight is 296 g/mol. The molecule has 2 rings (SSSR count). The van der Waals surface area contributed by atoms with Crippen LogP contribution in [0.2, 0.25) is 0 Å². The predicted molar refractivity (Wildman–Crippen MR) is 72.7 cm³/mol. The van der Waals surface area contributed by atoms with Crippen LogP contribution in [0, 0.1) is 0 Å². The van der Waals surface area contributed by atoms with E-state index in [0.717, 1.165) is 6.42 Å². The van der Waals surface area contributed by atoms with Gasteiger partial charge in [-0.3, -0.25) is 4.57 Å². The van der Waals surface area contributed by atoms with Gasteiger partial charge in [-0.2, -0.15) is 0 Å². The van der Waals surface area contributed by atoms with Crippen molar-refractivity contribution in [1.82, 2.24) is 14.8 Å². The molecule has 0 saturated heterocycles. The number of hydrogen-bond donors (Lipinski definition) is 1. The zero-order chi connectivity index (χ0) is 14.6. The number of aromatic nitrogens is 3. The van der Waals surface area contributed by atoms with Gasteiger partial charge in [0.05, 0.1) is 0 Å². The first-order valence-electron chi connectivity index (χ1n) is 6.14. The van der Waals surface area contributed by atoms with E-state index in [0.29, 0.717) is 18.1 Å². The SMILES string of the molecule is CCCOCc1nnc(S(N)(=O)=O)n1-c1ccccc1. The van der Waals surface area contributed by atoms with Crippen molar-refractivity contribution in [2.75, 3.05) is 6.61 Å². The topological polar surface area (TPSA) is 100 Å². The lowest BCUT2D eigenvalue weighted by atomic mass is 10.3. The first kappa shape index (κ1) is 14.6. The van der Waals surface area contributed by atoms with E-state index < -0.39 is 10.0 Å². The van der Waals surface area contributed by atoms with Crippen molar-refractivity contribution in [2.45, 2.75) is 25.1 Å². The normalized spacial score (nSPS) is 11.7. The molecular formula is C12H16N4O3S. The molecule has 0 aliphatic rings. The Hall–Kier alpha value is -1.77. The zero-order valence-electron chi connectivity index (χ0n) is 11.1. The third kappa shape index (κ3) is 3.21. The molecule has 1 heterocycles. The van der Waals surface area contributed by atoms with Crippen molar-refractivity contribution < 1.29 is 13.2 Å². The number of hydrogen-bond acceptors (Lipinski definition) is 5. The highest BCUT2D eigenvalue weighted by Crippen LogP contribution is 2.16. The number of primary sulfonamides is 1. The van der Waals surface area contributed by atoms with Crippen molar-refractivity contribution >= 4 is 10.0 Å². The summed E-state index contributed by atoms with van der Waals surface area (Å²) in [6, 6.07) is 8.91. The fourth-order valence-corrected chi connectivity index (χ4v) is 2.34. The second kappa shape index (κ2) is 6.12. The fraction of sp³-hybridized carbons (Fsp3) is 0.333. The summed E-state index contributed by atoms with van der Waals surface area (Å²) in [5.41, 5.74) is 0.622. The van der Waals surface area contributed by atoms with Gasteiger partial charge >= 0.3 is 0 Å². The maximum Gasteiger partial charge on any atom is 0.274 e. The number of nitrogens with zero attached hydrogens (tertiary/aromatic N) is 3. The van der Waals surface area contributed by atoms with Gasteiger partial charge < -0.3 is 4.74 Å². The van der Waals surface area contributed by atoms with Gasteiger partial charge in [0, 0.05) is 12.3 Å². The Kier molecular flexibility index (Phi) is 4.48. The van der Waals surface area contributed by atoms with Gasteiger partial charge in [0.25, 0.3) is 15.2 Å². The first-order chi connectivity index (χ1) is 9.54. The second-order valence-corrected chi connectivity index (χ2v) is 5.62. The molecule has 0 spiro atoms. The van der Waals surface area contributed by atoms with Crippen LogP contribution in [-0.2, 0) is 21.4 Å². The van der Waals surface area contributed by atoms with Crippen molar-refractivity contribution in [3.05, 3.63) is 36.2 Å². The third-order valence-corrected chi connectivity index (χ3v) is 3.32. The summed E-state index contributed by atoms with van der Waals surface area (Å²) in [6.45, 7) is 2.72. The molecule has 0 amide bonds. The molecule has 0 aliphatic heterocycles. The van der Waals surface area contributed by atoms with E-state index in [1.165, 1.54) is 4.57 Å². The first-order valence-corrected chi connectivity index (χ1v) is 7.69. The Labute approximate surface area is 117 Å². The van der Waals surface area contributed by atoms with Crippen LogP contribution < -0.4 is 5.14 Å². The summed E-state index contributed by atoms with van der Waals surface area (Å²) >= 11 is 0. The predicted octanol–water partition coefficient (Wildman–Crippen LogP) is 0.841. The van der Waals surface area contributed by atoms with Crippen molar-refractivity contribution in [3.63, 3.8) is 0 Å². The standard InChI is InChI=1S/C12H16N4O3S/c1-2-8-19-9-11-14-15-12(20(13,17)18)16(11)10-6-4-3-5-7-10/h3-7H,2,8-9H2,1H3,(H2,13,17,18). The molecule has 1 aromatic heterocycles. The molecule has 0 fully saturated rings. The summed E-state index contributed by atoms with van der Waals surface area (Å²) < 4.78 is 30.0. The highest BCUT2D eigenvalue weighted by Gasteiger charge is 2.22. The molecule has 0 atom stereocenters. The monoisotopic (exact) mass is 296 g/mol. The quantitative estimate of drug-likeness (QED) is 0.796. The van der Waals surface area contributed by atoms with E-state index in [-0.39, 0.29) is 11.8 Å². The van der Waals surface area contributed by atoms with Gasteiger partial charge in [0.1, 0.15) is 6.61 Å². The molecule has 0 saturated carbocycles. The minimum atomic E-state index is -3.96. The zero-order valence-corrected chi connectivity index (χ0v) is 11.9. The fourth-order valence-electron chi connectivity index (χ4n) is 1.72. The summed E-state index contributed by atoms with van der Waals surface area (Å²) in [5.74, 6) is 0.397. The van der Waals surface area contributed by atoms with Crippen molar-refractivity contribution in [2.24, 2.45) is 5.14 Å². The van der Waals surface area contributed by atoms with Crippen LogP contribution in [0.15, 0.2) is 35.5 Å². The molecule has 0 bridgehead atoms. The van der Waals surface area contributed by atoms with E-state index in [4.69, 9.17) is 9.88 Å². The lowest BCUT2D eigenvalue weighted by molar-refractivity contribution is 0.114. The molecule has 0 unspecified atom stereocenters. The van der Waals surface area contributed by atoms with Gasteiger partial charge in [-0.1, -0.05) is 25.1 Å². The van der Waals surface area contributed by atoms with Crippen LogP contribution in [0.3, 0.4) is 0 Å². The van der Waals surface area contributed by atoms with E-state index in [1.54, 1.807) is 24.3 Å². The maximum absolute atomic E-state index is 11.6. The summed E-state index contributed by atoms with van der Waals surface area (Å²) in [7, 11) is -3.96. The highest BCUT2D eigenvalue weighted by atomic mass is 32.2. The van der Waals surface area contributed by atoms with E-state index >= 15 is 0 Å². The number of sulfonamides is 1. The second-order valence-electron chi connectivity index (χ2n) is 4.17. The molecule has 2 N–H and O–H groups in total. The van der Waals surface area contributed by atoms with Crippen molar-refractivity contribution in [3.8, 4) is 5.69 Å². The molecule has 7 nitrogen and oxygen atoms in total. The van der Waals surface area contributed by atoms with E-state index in [9.17, 15) is 8.42 Å². The molecule has 0 radical (unpaired) electrons. The van der Waals surface area contributed by atoms with Crippen LogP contribution in [0.4, 0.5) is 0 Å². The van der Waals surface area contributed by atoms with Gasteiger partial charge in [0.2, 0.25) is 0 Å². The molecule has 20 heavy (non-hydrogen) atoms. The Balaban J connectivity index is 2.46. The summed E-state index contributed by atoms with van der Waals surface area (Å²) in [4.78, 5) is 0. The largest absolute Gasteiger partial charge is 0.373 e. The lowest BCUT2D eigenvalue weighted by Gasteiger charge is -2.09.